The molecule has 0 bridgehead atoms. The van der Waals surface area contributed by atoms with Gasteiger partial charge in [0.2, 0.25) is 0 Å². The van der Waals surface area contributed by atoms with Crippen LogP contribution in [0.15, 0.2) is 36.5 Å². The lowest BCUT2D eigenvalue weighted by Gasteiger charge is -2.48. The summed E-state index contributed by atoms with van der Waals surface area (Å²) in [6.07, 6.45) is 2.70. The first-order valence-corrected chi connectivity index (χ1v) is 8.48. The van der Waals surface area contributed by atoms with Crippen LogP contribution in [-0.4, -0.2) is 75.9 Å². The smallest absolute Gasteiger partial charge is 0.168 e. The number of ether oxygens (including phenoxy) is 1. The van der Waals surface area contributed by atoms with Crippen molar-refractivity contribution in [2.24, 2.45) is 0 Å². The van der Waals surface area contributed by atoms with E-state index in [-0.39, 0.29) is 10.5 Å². The van der Waals surface area contributed by atoms with Gasteiger partial charge in [-0.15, -0.1) is 0 Å². The molecule has 4 nitrogen and oxygen atoms in total. The van der Waals surface area contributed by atoms with Gasteiger partial charge >= 0.3 is 0 Å². The third-order valence-electron chi connectivity index (χ3n) is 3.99. The lowest BCUT2D eigenvalue weighted by Crippen LogP contribution is -2.64. The van der Waals surface area contributed by atoms with E-state index in [4.69, 9.17) is 9.72 Å². The van der Waals surface area contributed by atoms with E-state index >= 15 is 0 Å². The molecule has 1 aromatic heterocycles. The number of benzene rings is 1. The molecule has 0 aliphatic rings. The molecular weight excluding hydrogens is 305 g/mol. The molecule has 0 aliphatic carbocycles. The fourth-order valence-electron chi connectivity index (χ4n) is 3.31. The second-order valence-electron chi connectivity index (χ2n) is 8.17. The van der Waals surface area contributed by atoms with Crippen molar-refractivity contribution in [3.8, 4) is 16.9 Å². The molecule has 2 rings (SSSR count). The first-order chi connectivity index (χ1) is 11.6. The van der Waals surface area contributed by atoms with Gasteiger partial charge in [0, 0.05) is 17.3 Å². The summed E-state index contributed by atoms with van der Waals surface area (Å²) < 4.78 is 5.66. The number of carbonyl (C=O) groups excluding carboxylic acids is 1. The summed E-state index contributed by atoms with van der Waals surface area (Å²) in [7, 11) is 14.7. The molecule has 0 fully saturated rings. The molecule has 0 saturated carbocycles. The summed E-state index contributed by atoms with van der Waals surface area (Å²) in [6, 6.07) is 9.46. The van der Waals surface area contributed by atoms with E-state index < -0.39 is 0 Å². The van der Waals surface area contributed by atoms with Gasteiger partial charge in [0.25, 0.3) is 0 Å². The van der Waals surface area contributed by atoms with Crippen molar-refractivity contribution >= 4 is 59.2 Å². The first kappa shape index (κ1) is 19.4. The predicted octanol–water partition coefficient (Wildman–Crippen LogP) is -3.60. The minimum absolute atomic E-state index is 0.106. The van der Waals surface area contributed by atoms with Crippen molar-refractivity contribution in [3.63, 3.8) is 0 Å². The summed E-state index contributed by atoms with van der Waals surface area (Å²) in [4.78, 5) is 17.8. The Kier molecular flexibility index (Phi) is 5.50. The SMILES string of the molecule is BC(B)(B)N(c1ncc(-c2ccc(C=O)cc2)cc1OC)C(B)(B)B. The maximum absolute atomic E-state index is 10.8. The average molecular weight is 327 g/mol. The zero-order valence-corrected chi connectivity index (χ0v) is 16.3. The van der Waals surface area contributed by atoms with E-state index in [1.165, 1.54) is 0 Å². The lowest BCUT2D eigenvalue weighted by molar-refractivity contribution is 0.112. The number of hydrogen-bond donors (Lipinski definition) is 0. The van der Waals surface area contributed by atoms with Crippen LogP contribution < -0.4 is 9.64 Å². The zero-order chi connectivity index (χ0) is 18.8. The van der Waals surface area contributed by atoms with E-state index in [2.05, 4.69) is 52.0 Å². The Balaban J connectivity index is 2.53. The lowest BCUT2D eigenvalue weighted by atomic mass is 9.40. The van der Waals surface area contributed by atoms with Crippen LogP contribution in [-0.2, 0) is 0 Å². The number of aromatic nitrogens is 1. The fraction of sp³-hybridized carbons (Fsp3) is 0.200. The molecule has 0 unspecified atom stereocenters. The Labute approximate surface area is 155 Å². The molecule has 0 atom stereocenters. The van der Waals surface area contributed by atoms with E-state index in [9.17, 15) is 4.79 Å². The highest BCUT2D eigenvalue weighted by molar-refractivity contribution is 6.66. The molecule has 0 radical (unpaired) electrons. The van der Waals surface area contributed by atoms with Crippen LogP contribution in [0, 0.1) is 0 Å². The first-order valence-electron chi connectivity index (χ1n) is 8.48. The molecule has 10 heteroatoms. The third kappa shape index (κ3) is 4.36. The number of hydrogen-bond acceptors (Lipinski definition) is 4. The van der Waals surface area contributed by atoms with Crippen LogP contribution in [0.5, 0.6) is 5.75 Å². The fourth-order valence-corrected chi connectivity index (χ4v) is 3.31. The number of carbonyl (C=O) groups is 1. The Morgan fingerprint density at radius 1 is 1.00 bits per heavy atom. The number of anilines is 1. The van der Waals surface area contributed by atoms with Gasteiger partial charge in [-0.2, -0.15) is 0 Å². The highest BCUT2D eigenvalue weighted by Crippen LogP contribution is 2.34. The molecule has 122 valence electrons. The second-order valence-corrected chi connectivity index (χ2v) is 8.17. The Bertz CT molecular complexity index is 742. The van der Waals surface area contributed by atoms with E-state index in [1.54, 1.807) is 19.2 Å². The van der Waals surface area contributed by atoms with Gasteiger partial charge < -0.3 is 9.64 Å². The van der Waals surface area contributed by atoms with Crippen LogP contribution in [0.1, 0.15) is 10.4 Å². The Hall–Kier alpha value is -1.97. The van der Waals surface area contributed by atoms with Crippen molar-refractivity contribution < 1.29 is 9.53 Å². The molecule has 0 saturated heterocycles. The summed E-state index contributed by atoms with van der Waals surface area (Å²) in [5, 5.41) is -0.211. The average Bonchev–Trinajstić information content (AvgIpc) is 2.52. The van der Waals surface area contributed by atoms with Crippen molar-refractivity contribution in [3.05, 3.63) is 42.1 Å². The van der Waals surface area contributed by atoms with E-state index in [0.29, 0.717) is 5.56 Å². The summed E-state index contributed by atoms with van der Waals surface area (Å²) in [5.74, 6) is 1.57. The zero-order valence-electron chi connectivity index (χ0n) is 16.3. The number of rotatable bonds is 6. The Morgan fingerprint density at radius 3 is 2.00 bits per heavy atom. The second kappa shape index (κ2) is 7.11. The number of pyridine rings is 1. The van der Waals surface area contributed by atoms with Crippen LogP contribution in [0.3, 0.4) is 0 Å². The molecule has 0 spiro atoms. The van der Waals surface area contributed by atoms with Gasteiger partial charge in [-0.1, -0.05) is 24.3 Å². The van der Waals surface area contributed by atoms with Crippen molar-refractivity contribution in [2.45, 2.75) is 10.5 Å². The highest BCUT2D eigenvalue weighted by Gasteiger charge is 2.34. The quantitative estimate of drug-likeness (QED) is 0.406. The van der Waals surface area contributed by atoms with Crippen molar-refractivity contribution in [1.29, 1.82) is 0 Å². The summed E-state index contributed by atoms with van der Waals surface area (Å²) in [6.45, 7) is 0. The van der Waals surface area contributed by atoms with E-state index in [0.717, 1.165) is 29.0 Å². The molecular formula is C15H22B6N2O2. The minimum Gasteiger partial charge on any atom is -0.493 e. The normalized spacial score (nSPS) is 11.7. The molecule has 0 aliphatic heterocycles. The van der Waals surface area contributed by atoms with Crippen molar-refractivity contribution in [2.75, 3.05) is 12.0 Å². The predicted molar refractivity (Wildman–Crippen MR) is 121 cm³/mol. The van der Waals surface area contributed by atoms with Gasteiger partial charge in [-0.3, -0.25) is 4.79 Å². The minimum atomic E-state index is -0.106. The van der Waals surface area contributed by atoms with Gasteiger partial charge in [0.1, 0.15) is 53.4 Å². The summed E-state index contributed by atoms with van der Waals surface area (Å²) >= 11 is 0. The molecule has 2 aromatic rings. The van der Waals surface area contributed by atoms with Crippen LogP contribution in [0.2, 0.25) is 0 Å². The monoisotopic (exact) mass is 328 g/mol. The Morgan fingerprint density at radius 2 is 1.56 bits per heavy atom. The van der Waals surface area contributed by atoms with Crippen LogP contribution in [0.4, 0.5) is 5.82 Å². The molecule has 1 aromatic carbocycles. The van der Waals surface area contributed by atoms with E-state index in [1.807, 2.05) is 24.4 Å². The van der Waals surface area contributed by atoms with Crippen LogP contribution >= 0.6 is 0 Å². The van der Waals surface area contributed by atoms with Gasteiger partial charge in [0.05, 0.1) is 7.11 Å². The maximum atomic E-state index is 10.8. The molecule has 1 heterocycles. The number of methoxy groups -OCH3 is 1. The highest BCUT2D eigenvalue weighted by atomic mass is 16.5. The maximum Gasteiger partial charge on any atom is 0.168 e. The topological polar surface area (TPSA) is 42.4 Å². The molecule has 25 heavy (non-hydrogen) atoms. The number of aldehydes is 1. The summed E-state index contributed by atoms with van der Waals surface area (Å²) in [5.41, 5.74) is 2.62. The van der Waals surface area contributed by atoms with Crippen molar-refractivity contribution in [1.82, 2.24) is 4.98 Å². The molecule has 0 amide bonds. The largest absolute Gasteiger partial charge is 0.493 e. The standard InChI is InChI=1S/C15H22B6N2O2/c1-25-12-6-11(10-4-2-9(8-24)3-5-10)7-22-13(12)23(14(16,17)18)15(19,20)21/h2-8H,16-21H2,1H3. The number of nitrogens with zero attached hydrogens (tertiary/aromatic N) is 2. The van der Waals surface area contributed by atoms with Gasteiger partial charge in [-0.25, -0.2) is 4.98 Å². The van der Waals surface area contributed by atoms with Crippen LogP contribution in [0.25, 0.3) is 11.1 Å². The van der Waals surface area contributed by atoms with Gasteiger partial charge in [0.15, 0.2) is 11.6 Å². The third-order valence-corrected chi connectivity index (χ3v) is 3.99. The van der Waals surface area contributed by atoms with Gasteiger partial charge in [-0.05, 0) is 22.1 Å². The molecule has 0 N–H and O–H groups in total.